The molecule has 7 heteroatoms. The van der Waals surface area contributed by atoms with Crippen LogP contribution in [-0.2, 0) is 6.54 Å². The van der Waals surface area contributed by atoms with Crippen LogP contribution in [0.25, 0.3) is 16.9 Å². The van der Waals surface area contributed by atoms with Gasteiger partial charge in [0, 0.05) is 22.2 Å². The summed E-state index contributed by atoms with van der Waals surface area (Å²) in [5, 5.41) is 6.41. The fraction of sp³-hybridized carbons (Fsp3) is 0.118. The van der Waals surface area contributed by atoms with E-state index in [1.807, 2.05) is 37.3 Å². The maximum absolute atomic E-state index is 6.36. The summed E-state index contributed by atoms with van der Waals surface area (Å²) in [4.78, 5) is 0. The summed E-state index contributed by atoms with van der Waals surface area (Å²) >= 11 is 18.3. The molecule has 0 spiro atoms. The summed E-state index contributed by atoms with van der Waals surface area (Å²) in [6.07, 6.45) is 0. The van der Waals surface area contributed by atoms with Crippen molar-refractivity contribution >= 4 is 47.2 Å². The van der Waals surface area contributed by atoms with Crippen molar-refractivity contribution in [3.63, 3.8) is 0 Å². The van der Waals surface area contributed by atoms with Crippen LogP contribution < -0.4 is 5.73 Å². The summed E-state index contributed by atoms with van der Waals surface area (Å²) in [5.74, 6) is 0. The Morgan fingerprint density at radius 2 is 1.62 bits per heavy atom. The first-order valence-corrected chi connectivity index (χ1v) is 8.14. The first-order chi connectivity index (χ1) is 11.0. The Morgan fingerprint density at radius 3 is 2.21 bits per heavy atom. The Bertz CT molecular complexity index is 857. The molecule has 1 aromatic heterocycles. The van der Waals surface area contributed by atoms with Crippen molar-refractivity contribution in [2.75, 3.05) is 0 Å². The van der Waals surface area contributed by atoms with Gasteiger partial charge in [-0.2, -0.15) is 5.10 Å². The molecule has 2 N–H and O–H groups in total. The Labute approximate surface area is 161 Å². The van der Waals surface area contributed by atoms with Gasteiger partial charge in [0.25, 0.3) is 0 Å². The lowest BCUT2D eigenvalue weighted by molar-refractivity contribution is 0.838. The predicted molar refractivity (Wildman–Crippen MR) is 104 cm³/mol. The first kappa shape index (κ1) is 19.1. The number of hydrogen-bond acceptors (Lipinski definition) is 2. The van der Waals surface area contributed by atoms with Gasteiger partial charge in [-0.25, -0.2) is 4.68 Å². The molecule has 3 rings (SSSR count). The second-order valence-corrected chi connectivity index (χ2v) is 6.42. The molecule has 0 aliphatic carbocycles. The van der Waals surface area contributed by atoms with Gasteiger partial charge in [-0.15, -0.1) is 12.4 Å². The number of aromatic nitrogens is 2. The summed E-state index contributed by atoms with van der Waals surface area (Å²) in [7, 11) is 0. The van der Waals surface area contributed by atoms with Crippen molar-refractivity contribution in [1.82, 2.24) is 9.78 Å². The van der Waals surface area contributed by atoms with Crippen molar-refractivity contribution < 1.29 is 0 Å². The van der Waals surface area contributed by atoms with E-state index in [9.17, 15) is 0 Å². The van der Waals surface area contributed by atoms with E-state index in [-0.39, 0.29) is 12.4 Å². The molecule has 126 valence electrons. The number of benzene rings is 2. The molecule has 0 aliphatic heterocycles. The summed E-state index contributed by atoms with van der Waals surface area (Å²) in [6, 6.07) is 12.9. The number of halogens is 4. The molecule has 3 aromatic rings. The van der Waals surface area contributed by atoms with Crippen molar-refractivity contribution in [2.45, 2.75) is 13.5 Å². The second kappa shape index (κ2) is 7.77. The van der Waals surface area contributed by atoms with Crippen LogP contribution in [0, 0.1) is 6.92 Å². The number of hydrogen-bond donors (Lipinski definition) is 1. The predicted octanol–water partition coefficient (Wildman–Crippen LogP) is 5.69. The van der Waals surface area contributed by atoms with E-state index in [1.165, 1.54) is 0 Å². The minimum Gasteiger partial charge on any atom is -0.325 e. The molecule has 0 radical (unpaired) electrons. The maximum atomic E-state index is 6.36. The minimum absolute atomic E-state index is 0. The van der Waals surface area contributed by atoms with Gasteiger partial charge in [-0.05, 0) is 42.8 Å². The Hall–Kier alpha value is -1.23. The summed E-state index contributed by atoms with van der Waals surface area (Å²) in [6.45, 7) is 2.35. The van der Waals surface area contributed by atoms with Crippen molar-refractivity contribution in [2.24, 2.45) is 5.73 Å². The Balaban J connectivity index is 0.00000208. The summed E-state index contributed by atoms with van der Waals surface area (Å²) < 4.78 is 1.80. The number of rotatable bonds is 3. The van der Waals surface area contributed by atoms with Gasteiger partial charge in [0.2, 0.25) is 0 Å². The van der Waals surface area contributed by atoms with E-state index >= 15 is 0 Å². The molecule has 24 heavy (non-hydrogen) atoms. The van der Waals surface area contributed by atoms with E-state index < -0.39 is 0 Å². The normalized spacial score (nSPS) is 10.5. The molecular weight excluding hydrogens is 388 g/mol. The lowest BCUT2D eigenvalue weighted by Crippen LogP contribution is -2.02. The zero-order chi connectivity index (χ0) is 16.6. The fourth-order valence-corrected chi connectivity index (χ4v) is 3.12. The van der Waals surface area contributed by atoms with Gasteiger partial charge < -0.3 is 5.73 Å². The Kier molecular flexibility index (Phi) is 6.18. The lowest BCUT2D eigenvalue weighted by Gasteiger charge is -2.11. The van der Waals surface area contributed by atoms with E-state index in [1.54, 1.807) is 16.8 Å². The lowest BCUT2D eigenvalue weighted by atomic mass is 10.1. The van der Waals surface area contributed by atoms with E-state index in [2.05, 4.69) is 5.10 Å². The van der Waals surface area contributed by atoms with Gasteiger partial charge in [0.05, 0.1) is 22.1 Å². The third kappa shape index (κ3) is 3.56. The standard InChI is InChI=1S/C17H14Cl3N3.ClH/c1-10-15(9-21)22-23(16-7-6-13(19)8-14(16)20)17(10)11-2-4-12(18)5-3-11;/h2-8H,9,21H2,1H3;1H. The quantitative estimate of drug-likeness (QED) is 0.611. The molecule has 0 amide bonds. The van der Waals surface area contributed by atoms with Crippen molar-refractivity contribution in [1.29, 1.82) is 0 Å². The molecule has 3 nitrogen and oxygen atoms in total. The van der Waals surface area contributed by atoms with Crippen LogP contribution >= 0.6 is 47.2 Å². The molecule has 0 unspecified atom stereocenters. The maximum Gasteiger partial charge on any atom is 0.0840 e. The van der Waals surface area contributed by atoms with Gasteiger partial charge >= 0.3 is 0 Å². The van der Waals surface area contributed by atoms with Gasteiger partial charge in [0.15, 0.2) is 0 Å². The monoisotopic (exact) mass is 401 g/mol. The van der Waals surface area contributed by atoms with E-state index in [0.29, 0.717) is 21.6 Å². The second-order valence-electron chi connectivity index (χ2n) is 5.14. The van der Waals surface area contributed by atoms with E-state index in [4.69, 9.17) is 40.5 Å². The molecule has 0 atom stereocenters. The SMILES string of the molecule is Cc1c(CN)nn(-c2ccc(Cl)cc2Cl)c1-c1ccc(Cl)cc1.Cl. The van der Waals surface area contributed by atoms with Crippen molar-refractivity contribution in [3.8, 4) is 16.9 Å². The zero-order valence-corrected chi connectivity index (χ0v) is 15.8. The Morgan fingerprint density at radius 1 is 1.00 bits per heavy atom. The third-order valence-corrected chi connectivity index (χ3v) is 4.46. The van der Waals surface area contributed by atoms with Crippen LogP contribution in [0.5, 0.6) is 0 Å². The van der Waals surface area contributed by atoms with Crippen LogP contribution in [0.15, 0.2) is 42.5 Å². The zero-order valence-electron chi connectivity index (χ0n) is 12.8. The topological polar surface area (TPSA) is 43.8 Å². The summed E-state index contributed by atoms with van der Waals surface area (Å²) in [5.41, 5.74) is 10.3. The highest BCUT2D eigenvalue weighted by atomic mass is 35.5. The molecule has 0 bridgehead atoms. The highest BCUT2D eigenvalue weighted by molar-refractivity contribution is 6.35. The smallest absolute Gasteiger partial charge is 0.0840 e. The number of nitrogens with two attached hydrogens (primary N) is 1. The molecule has 0 saturated heterocycles. The van der Waals surface area contributed by atoms with Gasteiger partial charge in [-0.3, -0.25) is 0 Å². The van der Waals surface area contributed by atoms with E-state index in [0.717, 1.165) is 28.2 Å². The van der Waals surface area contributed by atoms with Gasteiger partial charge in [-0.1, -0.05) is 46.9 Å². The minimum atomic E-state index is 0. The average molecular weight is 403 g/mol. The molecule has 1 heterocycles. The van der Waals surface area contributed by atoms with Crippen LogP contribution in [0.1, 0.15) is 11.3 Å². The molecule has 0 fully saturated rings. The molecule has 2 aromatic carbocycles. The van der Waals surface area contributed by atoms with Gasteiger partial charge in [0.1, 0.15) is 0 Å². The number of nitrogens with zero attached hydrogens (tertiary/aromatic N) is 2. The van der Waals surface area contributed by atoms with Crippen LogP contribution in [-0.4, -0.2) is 9.78 Å². The highest BCUT2D eigenvalue weighted by Crippen LogP contribution is 2.32. The highest BCUT2D eigenvalue weighted by Gasteiger charge is 2.18. The third-order valence-electron chi connectivity index (χ3n) is 3.67. The molecule has 0 saturated carbocycles. The fourth-order valence-electron chi connectivity index (χ4n) is 2.51. The van der Waals surface area contributed by atoms with Crippen LogP contribution in [0.4, 0.5) is 0 Å². The largest absolute Gasteiger partial charge is 0.325 e. The van der Waals surface area contributed by atoms with Crippen molar-refractivity contribution in [3.05, 3.63) is 68.8 Å². The first-order valence-electron chi connectivity index (χ1n) is 7.01. The van der Waals surface area contributed by atoms with Crippen LogP contribution in [0.3, 0.4) is 0 Å². The molecular formula is C17H15Cl4N3. The van der Waals surface area contributed by atoms with Crippen LogP contribution in [0.2, 0.25) is 15.1 Å². The average Bonchev–Trinajstić information content (AvgIpc) is 2.85. The molecule has 0 aliphatic rings.